The summed E-state index contributed by atoms with van der Waals surface area (Å²) >= 11 is 1.35. The fourth-order valence-electron chi connectivity index (χ4n) is 2.28. The molecule has 0 aromatic carbocycles. The van der Waals surface area contributed by atoms with Gasteiger partial charge in [-0.1, -0.05) is 16.6 Å². The Balaban J connectivity index is 1.69. The van der Waals surface area contributed by atoms with E-state index >= 15 is 0 Å². The molecule has 122 valence electrons. The number of hydrogen-bond donors (Lipinski definition) is 1. The number of aromatic nitrogens is 4. The zero-order valence-electron chi connectivity index (χ0n) is 12.8. The number of thiazole rings is 1. The third-order valence-electron chi connectivity index (χ3n) is 3.32. The van der Waals surface area contributed by atoms with Crippen molar-refractivity contribution in [2.45, 2.75) is 19.9 Å². The minimum Gasteiger partial charge on any atom is -0.450 e. The van der Waals surface area contributed by atoms with E-state index in [0.29, 0.717) is 36.9 Å². The molecule has 0 aliphatic carbocycles. The van der Waals surface area contributed by atoms with E-state index in [1.54, 1.807) is 25.1 Å². The molecule has 3 rings (SSSR count). The Morgan fingerprint density at radius 1 is 1.48 bits per heavy atom. The van der Waals surface area contributed by atoms with Crippen molar-refractivity contribution in [3.8, 4) is 0 Å². The monoisotopic (exact) mass is 336 g/mol. The summed E-state index contributed by atoms with van der Waals surface area (Å²) in [4.78, 5) is 30.9. The summed E-state index contributed by atoms with van der Waals surface area (Å²) < 4.78 is 6.33. The number of carbonyl (C=O) groups is 2. The number of hydrogen-bond acceptors (Lipinski definition) is 7. The molecule has 0 saturated heterocycles. The molecule has 0 fully saturated rings. The zero-order chi connectivity index (χ0) is 16.4. The quantitative estimate of drug-likeness (QED) is 0.898. The average Bonchev–Trinajstić information content (AvgIpc) is 3.11. The fourth-order valence-corrected chi connectivity index (χ4v) is 3.29. The van der Waals surface area contributed by atoms with Gasteiger partial charge in [-0.2, -0.15) is 0 Å². The first-order valence-corrected chi connectivity index (χ1v) is 7.96. The van der Waals surface area contributed by atoms with Crippen LogP contribution in [0.4, 0.5) is 9.93 Å². The van der Waals surface area contributed by atoms with Crippen molar-refractivity contribution in [2.24, 2.45) is 7.05 Å². The highest BCUT2D eigenvalue weighted by Gasteiger charge is 2.26. The summed E-state index contributed by atoms with van der Waals surface area (Å²) in [6.07, 6.45) is 1.71. The van der Waals surface area contributed by atoms with Crippen molar-refractivity contribution in [1.82, 2.24) is 24.9 Å². The van der Waals surface area contributed by atoms with E-state index < -0.39 is 6.09 Å². The number of fused-ring (bicyclic) bond motifs is 1. The maximum Gasteiger partial charge on any atom is 0.413 e. The molecule has 1 aliphatic heterocycles. The minimum absolute atomic E-state index is 0.156. The van der Waals surface area contributed by atoms with Crippen LogP contribution < -0.4 is 5.32 Å². The van der Waals surface area contributed by atoms with Crippen molar-refractivity contribution < 1.29 is 14.3 Å². The lowest BCUT2D eigenvalue weighted by atomic mass is 10.1. The first kappa shape index (κ1) is 15.4. The molecule has 0 spiro atoms. The lowest BCUT2D eigenvalue weighted by molar-refractivity contribution is 0.0730. The highest BCUT2D eigenvalue weighted by Crippen LogP contribution is 2.28. The van der Waals surface area contributed by atoms with Gasteiger partial charge >= 0.3 is 6.09 Å². The number of amides is 2. The van der Waals surface area contributed by atoms with Crippen LogP contribution in [0.1, 0.15) is 28.0 Å². The van der Waals surface area contributed by atoms with Crippen LogP contribution in [0, 0.1) is 0 Å². The summed E-state index contributed by atoms with van der Waals surface area (Å²) in [5.74, 6) is -0.156. The van der Waals surface area contributed by atoms with Crippen molar-refractivity contribution in [3.63, 3.8) is 0 Å². The molecule has 23 heavy (non-hydrogen) atoms. The lowest BCUT2D eigenvalue weighted by Crippen LogP contribution is -2.35. The van der Waals surface area contributed by atoms with Gasteiger partial charge in [0.05, 0.1) is 25.0 Å². The molecule has 0 saturated carbocycles. The summed E-state index contributed by atoms with van der Waals surface area (Å²) in [7, 11) is 1.72. The Kier molecular flexibility index (Phi) is 4.24. The molecule has 2 amide bonds. The predicted octanol–water partition coefficient (Wildman–Crippen LogP) is 1.04. The van der Waals surface area contributed by atoms with Gasteiger partial charge in [0.25, 0.3) is 5.91 Å². The van der Waals surface area contributed by atoms with E-state index in [1.165, 1.54) is 16.0 Å². The third kappa shape index (κ3) is 3.31. The molecule has 0 unspecified atom stereocenters. The van der Waals surface area contributed by atoms with E-state index in [2.05, 4.69) is 20.6 Å². The third-order valence-corrected chi connectivity index (χ3v) is 4.32. The van der Waals surface area contributed by atoms with Crippen LogP contribution in [0.15, 0.2) is 6.20 Å². The number of ether oxygens (including phenoxy) is 1. The molecule has 0 atom stereocenters. The van der Waals surface area contributed by atoms with E-state index in [4.69, 9.17) is 4.74 Å². The second-order valence-electron chi connectivity index (χ2n) is 4.99. The molecule has 0 bridgehead atoms. The molecular formula is C13H16N6O3S. The normalized spacial score (nSPS) is 13.6. The first-order valence-electron chi connectivity index (χ1n) is 7.14. The standard InChI is InChI=1S/C13H16N6O3S/c1-3-22-13(21)15-12-14-8-4-5-19(7-10(8)23-12)11(20)9-6-18(2)17-16-9/h6H,3-5,7H2,1-2H3,(H,14,15,21). The SMILES string of the molecule is CCOC(=O)Nc1nc2c(s1)CN(C(=O)c1cn(C)nn1)CC2. The Labute approximate surface area is 136 Å². The zero-order valence-corrected chi connectivity index (χ0v) is 13.6. The van der Waals surface area contributed by atoms with Gasteiger partial charge in [0.1, 0.15) is 0 Å². The van der Waals surface area contributed by atoms with Crippen LogP contribution in [0.5, 0.6) is 0 Å². The maximum atomic E-state index is 12.4. The highest BCUT2D eigenvalue weighted by molar-refractivity contribution is 7.15. The van der Waals surface area contributed by atoms with Crippen LogP contribution in [-0.2, 0) is 24.8 Å². The van der Waals surface area contributed by atoms with Gasteiger partial charge in [0.2, 0.25) is 0 Å². The second kappa shape index (κ2) is 6.32. The van der Waals surface area contributed by atoms with Crippen LogP contribution in [-0.4, -0.2) is 50.0 Å². The number of aryl methyl sites for hydroxylation is 1. The maximum absolute atomic E-state index is 12.4. The summed E-state index contributed by atoms with van der Waals surface area (Å²) in [6, 6.07) is 0. The van der Waals surface area contributed by atoms with Gasteiger partial charge < -0.3 is 9.64 Å². The van der Waals surface area contributed by atoms with E-state index in [0.717, 1.165) is 10.6 Å². The number of carbonyl (C=O) groups excluding carboxylic acids is 2. The van der Waals surface area contributed by atoms with E-state index in [9.17, 15) is 9.59 Å². The minimum atomic E-state index is -0.522. The highest BCUT2D eigenvalue weighted by atomic mass is 32.1. The van der Waals surface area contributed by atoms with Gasteiger partial charge in [-0.3, -0.25) is 14.8 Å². The largest absolute Gasteiger partial charge is 0.450 e. The molecule has 9 nitrogen and oxygen atoms in total. The van der Waals surface area contributed by atoms with Gasteiger partial charge in [0.15, 0.2) is 10.8 Å². The van der Waals surface area contributed by atoms with E-state index in [-0.39, 0.29) is 5.91 Å². The van der Waals surface area contributed by atoms with Gasteiger partial charge in [0, 0.05) is 24.9 Å². The van der Waals surface area contributed by atoms with E-state index in [1.807, 2.05) is 0 Å². The molecule has 10 heteroatoms. The number of nitrogens with one attached hydrogen (secondary N) is 1. The molecule has 1 N–H and O–H groups in total. The average molecular weight is 336 g/mol. The van der Waals surface area contributed by atoms with Crippen LogP contribution in [0.3, 0.4) is 0 Å². The topological polar surface area (TPSA) is 102 Å². The van der Waals surface area contributed by atoms with Crippen LogP contribution >= 0.6 is 11.3 Å². The summed E-state index contributed by atoms with van der Waals surface area (Å²) in [5.41, 5.74) is 1.23. The Hall–Kier alpha value is -2.49. The molecule has 2 aromatic heterocycles. The first-order chi connectivity index (χ1) is 11.1. The summed E-state index contributed by atoms with van der Waals surface area (Å²) in [5, 5.41) is 10.7. The van der Waals surface area contributed by atoms with Crippen molar-refractivity contribution in [1.29, 1.82) is 0 Å². The van der Waals surface area contributed by atoms with Gasteiger partial charge in [-0.25, -0.2) is 9.78 Å². The predicted molar refractivity (Wildman–Crippen MR) is 82.2 cm³/mol. The van der Waals surface area contributed by atoms with Crippen molar-refractivity contribution in [3.05, 3.63) is 22.5 Å². The van der Waals surface area contributed by atoms with Crippen molar-refractivity contribution in [2.75, 3.05) is 18.5 Å². The van der Waals surface area contributed by atoms with Crippen molar-refractivity contribution >= 4 is 28.5 Å². The van der Waals surface area contributed by atoms with Crippen LogP contribution in [0.25, 0.3) is 0 Å². The molecule has 0 radical (unpaired) electrons. The molecular weight excluding hydrogens is 320 g/mol. The number of rotatable bonds is 3. The lowest BCUT2D eigenvalue weighted by Gasteiger charge is -2.25. The van der Waals surface area contributed by atoms with Gasteiger partial charge in [-0.15, -0.1) is 5.10 Å². The second-order valence-corrected chi connectivity index (χ2v) is 6.07. The number of nitrogens with zero attached hydrogens (tertiary/aromatic N) is 5. The molecule has 3 heterocycles. The number of anilines is 1. The smallest absolute Gasteiger partial charge is 0.413 e. The van der Waals surface area contributed by atoms with Gasteiger partial charge in [-0.05, 0) is 6.92 Å². The summed E-state index contributed by atoms with van der Waals surface area (Å²) in [6.45, 7) is 3.05. The fraction of sp³-hybridized carbons (Fsp3) is 0.462. The Morgan fingerprint density at radius 2 is 2.30 bits per heavy atom. The Bertz CT molecular complexity index is 740. The molecule has 1 aliphatic rings. The molecule has 2 aromatic rings. The van der Waals surface area contributed by atoms with Crippen LogP contribution in [0.2, 0.25) is 0 Å². The Morgan fingerprint density at radius 3 is 3.00 bits per heavy atom.